The summed E-state index contributed by atoms with van der Waals surface area (Å²) in [6.07, 6.45) is 0.437. The number of ketones is 1. The molecular weight excluding hydrogens is 280 g/mol. The zero-order valence-corrected chi connectivity index (χ0v) is 12.6. The third-order valence-electron chi connectivity index (χ3n) is 3.58. The van der Waals surface area contributed by atoms with Gasteiger partial charge in [0.15, 0.2) is 15.6 Å². The number of rotatable bonds is 3. The van der Waals surface area contributed by atoms with Gasteiger partial charge >= 0.3 is 0 Å². The summed E-state index contributed by atoms with van der Waals surface area (Å²) >= 11 is 0. The number of aryl methyl sites for hydroxylation is 1. The van der Waals surface area contributed by atoms with E-state index in [1.54, 1.807) is 13.8 Å². The lowest BCUT2D eigenvalue weighted by Gasteiger charge is -2.10. The molecule has 0 saturated carbocycles. The molecule has 1 aliphatic heterocycles. The number of sulfone groups is 1. The highest BCUT2D eigenvalue weighted by Crippen LogP contribution is 2.19. The molecule has 0 bridgehead atoms. The van der Waals surface area contributed by atoms with Crippen molar-refractivity contribution >= 4 is 21.5 Å². The molecule has 2 rings (SSSR count). The van der Waals surface area contributed by atoms with Crippen molar-refractivity contribution in [3.8, 4) is 0 Å². The van der Waals surface area contributed by atoms with Gasteiger partial charge in [0.1, 0.15) is 5.69 Å². The van der Waals surface area contributed by atoms with Crippen LogP contribution in [0.2, 0.25) is 0 Å². The molecule has 7 heteroatoms. The molecule has 1 aromatic rings. The fraction of sp³-hybridized carbons (Fsp3) is 0.538. The molecule has 1 fully saturated rings. The maximum absolute atomic E-state index is 12.2. The van der Waals surface area contributed by atoms with E-state index in [2.05, 4.69) is 10.3 Å². The van der Waals surface area contributed by atoms with Gasteiger partial charge in [-0.2, -0.15) is 0 Å². The minimum Gasteiger partial charge on any atom is -0.354 e. The van der Waals surface area contributed by atoms with Gasteiger partial charge in [-0.05, 0) is 32.8 Å². The third-order valence-corrected chi connectivity index (χ3v) is 5.35. The Balaban J connectivity index is 2.19. The number of carbonyl (C=O) groups is 2. The van der Waals surface area contributed by atoms with Gasteiger partial charge in [-0.3, -0.25) is 9.59 Å². The Morgan fingerprint density at radius 2 is 1.95 bits per heavy atom. The van der Waals surface area contributed by atoms with Gasteiger partial charge in [-0.15, -0.1) is 0 Å². The zero-order valence-electron chi connectivity index (χ0n) is 11.7. The number of hydrogen-bond donors (Lipinski definition) is 2. The van der Waals surface area contributed by atoms with E-state index < -0.39 is 9.84 Å². The van der Waals surface area contributed by atoms with Crippen molar-refractivity contribution in [2.24, 2.45) is 0 Å². The second-order valence-electron chi connectivity index (χ2n) is 5.25. The van der Waals surface area contributed by atoms with Gasteiger partial charge in [-0.1, -0.05) is 0 Å². The molecule has 20 heavy (non-hydrogen) atoms. The first kappa shape index (κ1) is 14.8. The van der Waals surface area contributed by atoms with Gasteiger partial charge in [0.2, 0.25) is 0 Å². The molecule has 0 aromatic carbocycles. The smallest absolute Gasteiger partial charge is 0.268 e. The van der Waals surface area contributed by atoms with E-state index in [0.29, 0.717) is 28.9 Å². The van der Waals surface area contributed by atoms with Crippen molar-refractivity contribution in [3.63, 3.8) is 0 Å². The number of H-pyrrole nitrogens is 1. The number of aromatic nitrogens is 1. The Bertz CT molecular complexity index is 673. The van der Waals surface area contributed by atoms with E-state index >= 15 is 0 Å². The first-order valence-electron chi connectivity index (χ1n) is 6.42. The van der Waals surface area contributed by atoms with Crippen LogP contribution >= 0.6 is 0 Å². The van der Waals surface area contributed by atoms with Crippen LogP contribution < -0.4 is 5.32 Å². The lowest BCUT2D eigenvalue weighted by Crippen LogP contribution is -2.36. The number of Topliss-reactive ketones (excluding diaryl/α,β-unsaturated/α-hetero) is 1. The Morgan fingerprint density at radius 3 is 2.40 bits per heavy atom. The monoisotopic (exact) mass is 298 g/mol. The molecule has 2 heterocycles. The molecule has 6 nitrogen and oxygen atoms in total. The normalized spacial score (nSPS) is 20.9. The van der Waals surface area contributed by atoms with E-state index in [0.717, 1.165) is 0 Å². The second kappa shape index (κ2) is 5.05. The Hall–Kier alpha value is -1.63. The Labute approximate surface area is 117 Å². The minimum absolute atomic E-state index is 0.0168. The van der Waals surface area contributed by atoms with E-state index in [4.69, 9.17) is 0 Å². The van der Waals surface area contributed by atoms with Gasteiger partial charge in [0, 0.05) is 17.3 Å². The number of hydrogen-bond acceptors (Lipinski definition) is 4. The van der Waals surface area contributed by atoms with Gasteiger partial charge < -0.3 is 10.3 Å². The van der Waals surface area contributed by atoms with Crippen LogP contribution in [0.3, 0.4) is 0 Å². The Kier molecular flexibility index (Phi) is 3.73. The Morgan fingerprint density at radius 1 is 1.30 bits per heavy atom. The van der Waals surface area contributed by atoms with Crippen LogP contribution in [-0.2, 0) is 9.84 Å². The summed E-state index contributed by atoms with van der Waals surface area (Å²) < 4.78 is 22.7. The molecular formula is C13H18N2O4S. The number of nitrogens with one attached hydrogen (secondary N) is 2. The average molecular weight is 298 g/mol. The van der Waals surface area contributed by atoms with Crippen LogP contribution in [0.5, 0.6) is 0 Å². The summed E-state index contributed by atoms with van der Waals surface area (Å²) in [5.74, 6) is -0.366. The predicted molar refractivity (Wildman–Crippen MR) is 74.8 cm³/mol. The molecule has 1 aromatic heterocycles. The highest BCUT2D eigenvalue weighted by molar-refractivity contribution is 7.91. The van der Waals surface area contributed by atoms with Crippen molar-refractivity contribution in [2.45, 2.75) is 33.2 Å². The minimum atomic E-state index is -3.03. The van der Waals surface area contributed by atoms with Crippen LogP contribution in [0.15, 0.2) is 0 Å². The molecule has 0 radical (unpaired) electrons. The van der Waals surface area contributed by atoms with E-state index in [-0.39, 0.29) is 29.2 Å². The average Bonchev–Trinajstić information content (AvgIpc) is 2.78. The molecule has 1 amide bonds. The maximum Gasteiger partial charge on any atom is 0.268 e. The molecule has 1 aliphatic rings. The number of carbonyl (C=O) groups excluding carboxylic acids is 2. The van der Waals surface area contributed by atoms with Crippen LogP contribution in [0.4, 0.5) is 0 Å². The molecule has 0 spiro atoms. The van der Waals surface area contributed by atoms with Gasteiger partial charge in [0.25, 0.3) is 5.91 Å². The largest absolute Gasteiger partial charge is 0.354 e. The van der Waals surface area contributed by atoms with E-state index in [9.17, 15) is 18.0 Å². The first-order chi connectivity index (χ1) is 9.21. The van der Waals surface area contributed by atoms with Crippen molar-refractivity contribution in [3.05, 3.63) is 22.5 Å². The standard InChI is InChI=1S/C13H18N2O4S/c1-7-11(9(3)16)8(2)14-12(7)13(17)15-10-4-5-20(18,19)6-10/h10,14H,4-6H2,1-3H3,(H,15,17)/t10-/m0/s1. The molecule has 0 aliphatic carbocycles. The summed E-state index contributed by atoms with van der Waals surface area (Å²) in [6, 6.07) is -0.351. The molecule has 1 atom stereocenters. The molecule has 1 saturated heterocycles. The summed E-state index contributed by atoms with van der Waals surface area (Å²) in [7, 11) is -3.03. The van der Waals surface area contributed by atoms with Crippen molar-refractivity contribution in [1.82, 2.24) is 10.3 Å². The van der Waals surface area contributed by atoms with Crippen LogP contribution in [0.25, 0.3) is 0 Å². The van der Waals surface area contributed by atoms with Crippen LogP contribution in [0, 0.1) is 13.8 Å². The highest BCUT2D eigenvalue weighted by atomic mass is 32.2. The predicted octanol–water partition coefficient (Wildman–Crippen LogP) is 0.751. The first-order valence-corrected chi connectivity index (χ1v) is 8.25. The number of amides is 1. The van der Waals surface area contributed by atoms with Crippen molar-refractivity contribution in [1.29, 1.82) is 0 Å². The summed E-state index contributed by atoms with van der Waals surface area (Å²) in [6.45, 7) is 4.90. The molecule has 0 unspecified atom stereocenters. The summed E-state index contributed by atoms with van der Waals surface area (Å²) in [5, 5.41) is 2.71. The fourth-order valence-corrected chi connectivity index (χ4v) is 4.34. The summed E-state index contributed by atoms with van der Waals surface area (Å²) in [4.78, 5) is 26.6. The van der Waals surface area contributed by atoms with Gasteiger partial charge in [0.05, 0.1) is 11.5 Å². The van der Waals surface area contributed by atoms with Gasteiger partial charge in [-0.25, -0.2) is 8.42 Å². The zero-order chi connectivity index (χ0) is 15.1. The van der Waals surface area contributed by atoms with Crippen LogP contribution in [0.1, 0.15) is 45.4 Å². The van der Waals surface area contributed by atoms with Crippen molar-refractivity contribution < 1.29 is 18.0 Å². The fourth-order valence-electron chi connectivity index (χ4n) is 2.67. The third kappa shape index (κ3) is 2.77. The number of aromatic amines is 1. The summed E-state index contributed by atoms with van der Waals surface area (Å²) in [5.41, 5.74) is 2.11. The lowest BCUT2D eigenvalue weighted by atomic mass is 10.1. The lowest BCUT2D eigenvalue weighted by molar-refractivity contribution is 0.0935. The topological polar surface area (TPSA) is 96.1 Å². The second-order valence-corrected chi connectivity index (χ2v) is 7.48. The maximum atomic E-state index is 12.2. The quantitative estimate of drug-likeness (QED) is 0.805. The highest BCUT2D eigenvalue weighted by Gasteiger charge is 2.30. The van der Waals surface area contributed by atoms with E-state index in [1.165, 1.54) is 6.92 Å². The molecule has 2 N–H and O–H groups in total. The van der Waals surface area contributed by atoms with Crippen molar-refractivity contribution in [2.75, 3.05) is 11.5 Å². The SMILES string of the molecule is CC(=O)c1c(C)[nH]c(C(=O)N[C@H]2CCS(=O)(=O)C2)c1C. The molecule has 110 valence electrons. The van der Waals surface area contributed by atoms with Crippen LogP contribution in [-0.4, -0.2) is 42.6 Å². The van der Waals surface area contributed by atoms with E-state index in [1.807, 2.05) is 0 Å².